The van der Waals surface area contributed by atoms with E-state index in [1.54, 1.807) is 5.21 Å². The van der Waals surface area contributed by atoms with Gasteiger partial charge in [0.25, 0.3) is 11.8 Å². The molecule has 1 aromatic heterocycles. The second-order valence-corrected chi connectivity index (χ2v) is 4.35. The second-order valence-electron chi connectivity index (χ2n) is 4.35. The Morgan fingerprint density at radius 3 is 2.17 bits per heavy atom. The standard InChI is InChI=1S/C12H5F3N4O4/c13-12(14,15)8-7(16-18-17-8)11(22)23-19-9(20)5-3-1-2-4-6(5)10(19)21/h1-4H,(H,16,17,18). The molecule has 0 fully saturated rings. The number of hydroxylamine groups is 2. The third-order valence-corrected chi connectivity index (χ3v) is 2.94. The van der Waals surface area contributed by atoms with Crippen molar-refractivity contribution in [1.29, 1.82) is 0 Å². The number of benzene rings is 1. The Kier molecular flexibility index (Phi) is 3.13. The highest BCUT2D eigenvalue weighted by molar-refractivity contribution is 6.21. The van der Waals surface area contributed by atoms with Crippen LogP contribution in [0.2, 0.25) is 0 Å². The van der Waals surface area contributed by atoms with Crippen LogP contribution < -0.4 is 0 Å². The van der Waals surface area contributed by atoms with Crippen LogP contribution in [0, 0.1) is 0 Å². The number of carbonyl (C=O) groups excluding carboxylic acids is 3. The molecule has 1 aliphatic rings. The number of imide groups is 1. The van der Waals surface area contributed by atoms with E-state index in [2.05, 4.69) is 15.0 Å². The molecule has 0 unspecified atom stereocenters. The van der Waals surface area contributed by atoms with E-state index < -0.39 is 35.3 Å². The predicted octanol–water partition coefficient (Wildman–Crippen LogP) is 1.19. The van der Waals surface area contributed by atoms with E-state index in [-0.39, 0.29) is 16.2 Å². The number of nitrogens with zero attached hydrogens (tertiary/aromatic N) is 3. The average molecular weight is 326 g/mol. The van der Waals surface area contributed by atoms with Crippen molar-refractivity contribution in [3.05, 3.63) is 46.8 Å². The maximum atomic E-state index is 12.6. The molecule has 1 aliphatic heterocycles. The summed E-state index contributed by atoms with van der Waals surface area (Å²) >= 11 is 0. The van der Waals surface area contributed by atoms with E-state index >= 15 is 0 Å². The number of aromatic amines is 1. The van der Waals surface area contributed by atoms with Gasteiger partial charge in [0.1, 0.15) is 0 Å². The van der Waals surface area contributed by atoms with E-state index in [4.69, 9.17) is 0 Å². The van der Waals surface area contributed by atoms with Crippen molar-refractivity contribution < 1.29 is 32.4 Å². The lowest BCUT2D eigenvalue weighted by atomic mass is 10.1. The quantitative estimate of drug-likeness (QED) is 0.831. The van der Waals surface area contributed by atoms with Crippen molar-refractivity contribution in [2.75, 3.05) is 0 Å². The first kappa shape index (κ1) is 14.7. The Bertz CT molecular complexity index is 795. The number of hydrogen-bond acceptors (Lipinski definition) is 6. The fourth-order valence-electron chi connectivity index (χ4n) is 1.95. The third kappa shape index (κ3) is 2.31. The summed E-state index contributed by atoms with van der Waals surface area (Å²) in [7, 11) is 0. The van der Waals surface area contributed by atoms with Crippen molar-refractivity contribution >= 4 is 17.8 Å². The molecule has 2 heterocycles. The zero-order chi connectivity index (χ0) is 16.8. The summed E-state index contributed by atoms with van der Waals surface area (Å²) in [5, 5.41) is 7.58. The number of alkyl halides is 3. The number of amides is 2. The first-order chi connectivity index (χ1) is 10.8. The minimum Gasteiger partial charge on any atom is -0.322 e. The molecule has 0 saturated carbocycles. The number of aromatic nitrogens is 3. The van der Waals surface area contributed by atoms with Gasteiger partial charge < -0.3 is 4.84 Å². The normalized spacial score (nSPS) is 14.1. The molecule has 3 rings (SSSR count). The van der Waals surface area contributed by atoms with Gasteiger partial charge in [-0.15, -0.1) is 5.10 Å². The van der Waals surface area contributed by atoms with Gasteiger partial charge in [0.15, 0.2) is 0 Å². The second kappa shape index (κ2) is 4.90. The number of rotatable bonds is 2. The highest BCUT2D eigenvalue weighted by Gasteiger charge is 2.43. The van der Waals surface area contributed by atoms with Gasteiger partial charge >= 0.3 is 12.1 Å². The summed E-state index contributed by atoms with van der Waals surface area (Å²) in [5.41, 5.74) is -2.85. The molecule has 0 saturated heterocycles. The molecule has 1 aromatic carbocycles. The number of hydrogen-bond donors (Lipinski definition) is 1. The van der Waals surface area contributed by atoms with E-state index in [9.17, 15) is 27.6 Å². The van der Waals surface area contributed by atoms with Gasteiger partial charge in [0.05, 0.1) is 11.1 Å². The van der Waals surface area contributed by atoms with Gasteiger partial charge in [-0.1, -0.05) is 17.2 Å². The molecular weight excluding hydrogens is 321 g/mol. The minimum atomic E-state index is -4.96. The largest absolute Gasteiger partial charge is 0.437 e. The fraction of sp³-hybridized carbons (Fsp3) is 0.0833. The maximum Gasteiger partial charge on any atom is 0.437 e. The van der Waals surface area contributed by atoms with Crippen LogP contribution in [0.25, 0.3) is 0 Å². The third-order valence-electron chi connectivity index (χ3n) is 2.94. The van der Waals surface area contributed by atoms with E-state index in [1.807, 2.05) is 0 Å². The Morgan fingerprint density at radius 2 is 1.65 bits per heavy atom. The molecule has 118 valence electrons. The molecule has 0 aliphatic carbocycles. The van der Waals surface area contributed by atoms with Gasteiger partial charge in [0.2, 0.25) is 11.4 Å². The Hall–Kier alpha value is -3.24. The van der Waals surface area contributed by atoms with Gasteiger partial charge in [0, 0.05) is 0 Å². The van der Waals surface area contributed by atoms with Crippen molar-refractivity contribution in [3.63, 3.8) is 0 Å². The molecule has 2 aromatic rings. The Morgan fingerprint density at radius 1 is 1.09 bits per heavy atom. The van der Waals surface area contributed by atoms with Crippen molar-refractivity contribution in [1.82, 2.24) is 20.5 Å². The molecule has 8 nitrogen and oxygen atoms in total. The number of carbonyl (C=O) groups is 3. The predicted molar refractivity (Wildman–Crippen MR) is 63.7 cm³/mol. The lowest BCUT2D eigenvalue weighted by Gasteiger charge is -2.12. The van der Waals surface area contributed by atoms with Crippen molar-refractivity contribution in [2.24, 2.45) is 0 Å². The summed E-state index contributed by atoms with van der Waals surface area (Å²) in [6.45, 7) is 0. The smallest absolute Gasteiger partial charge is 0.322 e. The number of fused-ring (bicyclic) bond motifs is 1. The van der Waals surface area contributed by atoms with Crippen molar-refractivity contribution in [3.8, 4) is 0 Å². The van der Waals surface area contributed by atoms with Gasteiger partial charge in [-0.3, -0.25) is 9.59 Å². The number of halogens is 3. The van der Waals surface area contributed by atoms with E-state index in [0.29, 0.717) is 0 Å². The average Bonchev–Trinajstić information content (AvgIpc) is 3.08. The number of H-pyrrole nitrogens is 1. The monoisotopic (exact) mass is 326 g/mol. The topological polar surface area (TPSA) is 105 Å². The SMILES string of the molecule is O=C(ON1C(=O)c2ccccc2C1=O)c1n[nH]nc1C(F)(F)F. The van der Waals surface area contributed by atoms with Crippen LogP contribution >= 0.6 is 0 Å². The molecule has 0 spiro atoms. The van der Waals surface area contributed by atoms with Crippen LogP contribution in [0.5, 0.6) is 0 Å². The molecule has 2 amide bonds. The molecule has 0 atom stereocenters. The maximum absolute atomic E-state index is 12.6. The van der Waals surface area contributed by atoms with E-state index in [0.717, 1.165) is 0 Å². The Balaban J connectivity index is 1.87. The fourth-order valence-corrected chi connectivity index (χ4v) is 1.95. The van der Waals surface area contributed by atoms with Gasteiger partial charge in [-0.25, -0.2) is 4.79 Å². The van der Waals surface area contributed by atoms with E-state index in [1.165, 1.54) is 24.3 Å². The minimum absolute atomic E-state index is 0.0264. The van der Waals surface area contributed by atoms with Crippen LogP contribution in [-0.2, 0) is 11.0 Å². The van der Waals surface area contributed by atoms with Gasteiger partial charge in [-0.2, -0.15) is 23.5 Å². The van der Waals surface area contributed by atoms with Crippen LogP contribution in [-0.4, -0.2) is 38.3 Å². The van der Waals surface area contributed by atoms with Crippen LogP contribution in [0.4, 0.5) is 13.2 Å². The van der Waals surface area contributed by atoms with Crippen LogP contribution in [0.15, 0.2) is 24.3 Å². The molecule has 0 radical (unpaired) electrons. The highest BCUT2D eigenvalue weighted by atomic mass is 19.4. The molecule has 11 heteroatoms. The summed E-state index contributed by atoms with van der Waals surface area (Å²) < 4.78 is 37.9. The zero-order valence-electron chi connectivity index (χ0n) is 10.9. The van der Waals surface area contributed by atoms with Crippen LogP contribution in [0.3, 0.4) is 0 Å². The number of nitrogens with one attached hydrogen (secondary N) is 1. The summed E-state index contributed by atoms with van der Waals surface area (Å²) in [6, 6.07) is 5.60. The Labute approximate surface area is 124 Å². The molecule has 23 heavy (non-hydrogen) atoms. The summed E-state index contributed by atoms with van der Waals surface area (Å²) in [5.74, 6) is -3.56. The molecule has 0 bridgehead atoms. The van der Waals surface area contributed by atoms with Crippen LogP contribution in [0.1, 0.15) is 36.9 Å². The molecule has 1 N–H and O–H groups in total. The summed E-state index contributed by atoms with van der Waals surface area (Å²) in [4.78, 5) is 40.2. The first-order valence-corrected chi connectivity index (χ1v) is 5.99. The first-order valence-electron chi connectivity index (χ1n) is 5.99. The summed E-state index contributed by atoms with van der Waals surface area (Å²) in [6.07, 6.45) is -4.96. The molecular formula is C12H5F3N4O4. The lowest BCUT2D eigenvalue weighted by Crippen LogP contribution is -2.33. The van der Waals surface area contributed by atoms with Gasteiger partial charge in [-0.05, 0) is 12.1 Å². The zero-order valence-corrected chi connectivity index (χ0v) is 10.9. The highest BCUT2D eigenvalue weighted by Crippen LogP contribution is 2.30. The van der Waals surface area contributed by atoms with Crippen molar-refractivity contribution in [2.45, 2.75) is 6.18 Å². The lowest BCUT2D eigenvalue weighted by molar-refractivity contribution is -0.142.